The second kappa shape index (κ2) is 5.69. The van der Waals surface area contributed by atoms with Gasteiger partial charge in [-0.05, 0) is 54.6 Å². The van der Waals surface area contributed by atoms with E-state index in [-0.39, 0.29) is 5.75 Å². The Bertz CT molecular complexity index is 720. The monoisotopic (exact) mass is 322 g/mol. The molecule has 2 aromatic rings. The number of nitrogens with zero attached hydrogens (tertiary/aromatic N) is 1. The highest BCUT2D eigenvalue weighted by atomic mass is 32.2. The molecule has 0 unspecified atom stereocenters. The van der Waals surface area contributed by atoms with Gasteiger partial charge in [-0.1, -0.05) is 0 Å². The molecule has 21 heavy (non-hydrogen) atoms. The number of thiophene rings is 1. The van der Waals surface area contributed by atoms with Crippen LogP contribution in [0.4, 0.5) is 11.4 Å². The maximum absolute atomic E-state index is 11.5. The molecular weight excluding hydrogens is 304 g/mol. The zero-order valence-corrected chi connectivity index (χ0v) is 13.5. The molecule has 0 saturated carbocycles. The van der Waals surface area contributed by atoms with Gasteiger partial charge in [-0.2, -0.15) is 0 Å². The summed E-state index contributed by atoms with van der Waals surface area (Å²) >= 11 is 1.83. The van der Waals surface area contributed by atoms with Crippen LogP contribution in [0.2, 0.25) is 0 Å². The zero-order chi connectivity index (χ0) is 14.9. The largest absolute Gasteiger partial charge is 0.367 e. The third-order valence-electron chi connectivity index (χ3n) is 3.69. The van der Waals surface area contributed by atoms with Crippen LogP contribution in [0.15, 0.2) is 35.7 Å². The van der Waals surface area contributed by atoms with E-state index in [2.05, 4.69) is 21.1 Å². The quantitative estimate of drug-likeness (QED) is 0.941. The summed E-state index contributed by atoms with van der Waals surface area (Å²) in [5.74, 6) is 0.0851. The normalized spacial score (nSPS) is 14.8. The number of sulfonamides is 1. The highest BCUT2D eigenvalue weighted by Gasteiger charge is 2.17. The molecule has 1 aliphatic rings. The van der Waals surface area contributed by atoms with Crippen LogP contribution < -0.4 is 9.62 Å². The second-order valence-corrected chi connectivity index (χ2v) is 8.10. The van der Waals surface area contributed by atoms with E-state index in [9.17, 15) is 8.42 Å². The van der Waals surface area contributed by atoms with E-state index < -0.39 is 10.0 Å². The Labute approximate surface area is 129 Å². The molecule has 4 nitrogen and oxygen atoms in total. The summed E-state index contributed by atoms with van der Waals surface area (Å²) in [5, 5.41) is 2.15. The molecule has 6 heteroatoms. The molecular formula is C15H18N2O2S2. The minimum Gasteiger partial charge on any atom is -0.367 e. The van der Waals surface area contributed by atoms with Gasteiger partial charge in [-0.25, -0.2) is 8.42 Å². The predicted molar refractivity (Wildman–Crippen MR) is 88.6 cm³/mol. The second-order valence-electron chi connectivity index (χ2n) is 5.09. The van der Waals surface area contributed by atoms with Gasteiger partial charge in [0.15, 0.2) is 0 Å². The molecule has 2 heterocycles. The van der Waals surface area contributed by atoms with Crippen LogP contribution >= 0.6 is 11.3 Å². The minimum atomic E-state index is -3.20. The van der Waals surface area contributed by atoms with Gasteiger partial charge in [0.05, 0.1) is 5.75 Å². The molecule has 0 saturated heterocycles. The van der Waals surface area contributed by atoms with Gasteiger partial charge in [-0.15, -0.1) is 11.3 Å². The van der Waals surface area contributed by atoms with Gasteiger partial charge < -0.3 is 4.90 Å². The van der Waals surface area contributed by atoms with Crippen molar-refractivity contribution in [2.24, 2.45) is 0 Å². The van der Waals surface area contributed by atoms with Gasteiger partial charge in [0.2, 0.25) is 10.0 Å². The van der Waals surface area contributed by atoms with Crippen molar-refractivity contribution >= 4 is 32.7 Å². The van der Waals surface area contributed by atoms with Crippen LogP contribution in [0, 0.1) is 0 Å². The number of rotatable bonds is 4. The fraction of sp³-hybridized carbons (Fsp3) is 0.333. The van der Waals surface area contributed by atoms with Gasteiger partial charge in [0.1, 0.15) is 0 Å². The van der Waals surface area contributed by atoms with Crippen molar-refractivity contribution in [3.05, 3.63) is 46.2 Å². The Kier molecular flexibility index (Phi) is 3.91. The molecule has 0 radical (unpaired) electrons. The number of hydrogen-bond donors (Lipinski definition) is 1. The van der Waals surface area contributed by atoms with Gasteiger partial charge in [-0.3, -0.25) is 4.72 Å². The van der Waals surface area contributed by atoms with Crippen LogP contribution in [0.25, 0.3) is 0 Å². The molecule has 0 fully saturated rings. The van der Waals surface area contributed by atoms with Gasteiger partial charge in [0, 0.05) is 29.3 Å². The third-order valence-corrected chi connectivity index (χ3v) is 6.02. The average molecular weight is 322 g/mol. The Balaban J connectivity index is 1.73. The fourth-order valence-electron chi connectivity index (χ4n) is 2.46. The summed E-state index contributed by atoms with van der Waals surface area (Å²) in [4.78, 5) is 3.81. The van der Waals surface area contributed by atoms with E-state index in [0.717, 1.165) is 25.2 Å². The van der Waals surface area contributed by atoms with Gasteiger partial charge >= 0.3 is 0 Å². The molecule has 0 atom stereocenters. The van der Waals surface area contributed by atoms with Crippen molar-refractivity contribution in [1.29, 1.82) is 0 Å². The van der Waals surface area contributed by atoms with Crippen molar-refractivity contribution < 1.29 is 8.42 Å². The van der Waals surface area contributed by atoms with Crippen LogP contribution in [-0.4, -0.2) is 20.7 Å². The van der Waals surface area contributed by atoms with E-state index in [1.165, 1.54) is 10.4 Å². The molecule has 0 spiro atoms. The molecule has 0 aliphatic carbocycles. The molecule has 1 N–H and O–H groups in total. The topological polar surface area (TPSA) is 49.4 Å². The highest BCUT2D eigenvalue weighted by molar-refractivity contribution is 7.92. The first-order valence-corrected chi connectivity index (χ1v) is 9.51. The van der Waals surface area contributed by atoms with Crippen molar-refractivity contribution in [2.75, 3.05) is 21.9 Å². The zero-order valence-electron chi connectivity index (χ0n) is 11.9. The smallest absolute Gasteiger partial charge is 0.232 e. The summed E-state index contributed by atoms with van der Waals surface area (Å²) in [5.41, 5.74) is 3.15. The lowest BCUT2D eigenvalue weighted by atomic mass is 10.1. The number of fused-ring (bicyclic) bond motifs is 1. The lowest BCUT2D eigenvalue weighted by molar-refractivity contribution is 0.602. The Morgan fingerprint density at radius 1 is 1.24 bits per heavy atom. The molecule has 3 rings (SSSR count). The maximum atomic E-state index is 11.5. The van der Waals surface area contributed by atoms with E-state index in [1.807, 2.05) is 35.6 Å². The van der Waals surface area contributed by atoms with Crippen molar-refractivity contribution in [1.82, 2.24) is 0 Å². The first-order chi connectivity index (χ1) is 10.1. The number of hydrogen-bond acceptors (Lipinski definition) is 4. The lowest BCUT2D eigenvalue weighted by Crippen LogP contribution is -2.29. The third kappa shape index (κ3) is 3.22. The van der Waals surface area contributed by atoms with Crippen LogP contribution in [0.5, 0.6) is 0 Å². The summed E-state index contributed by atoms with van der Waals surface area (Å²) < 4.78 is 25.7. The van der Waals surface area contributed by atoms with E-state index in [4.69, 9.17) is 0 Å². The van der Waals surface area contributed by atoms with Crippen LogP contribution in [-0.2, 0) is 23.0 Å². The molecule has 112 valence electrons. The molecule has 0 amide bonds. The van der Waals surface area contributed by atoms with Gasteiger partial charge in [0.25, 0.3) is 0 Å². The van der Waals surface area contributed by atoms with Crippen LogP contribution in [0.1, 0.15) is 17.4 Å². The molecule has 1 aromatic heterocycles. The number of anilines is 2. The number of benzene rings is 1. The average Bonchev–Trinajstić information content (AvgIpc) is 2.95. The lowest BCUT2D eigenvalue weighted by Gasteiger charge is -2.29. The first kappa shape index (κ1) is 14.4. The Morgan fingerprint density at radius 3 is 2.71 bits per heavy atom. The van der Waals surface area contributed by atoms with E-state index in [0.29, 0.717) is 5.69 Å². The Hall–Kier alpha value is -1.53. The standard InChI is InChI=1S/C15H18N2O2S2/c1-2-21(18,19)16-13-3-5-14(6-4-13)17-9-7-15-12(11-17)8-10-20-15/h3-6,8,10,16H,2,7,9,11H2,1H3. The van der Waals surface area contributed by atoms with Crippen LogP contribution in [0.3, 0.4) is 0 Å². The van der Waals surface area contributed by atoms with Crippen molar-refractivity contribution in [3.63, 3.8) is 0 Å². The summed E-state index contributed by atoms with van der Waals surface area (Å²) in [6.45, 7) is 3.56. The molecule has 0 bridgehead atoms. The molecule has 1 aromatic carbocycles. The van der Waals surface area contributed by atoms with E-state index in [1.54, 1.807) is 6.92 Å². The predicted octanol–water partition coefficient (Wildman–Crippen LogP) is 3.07. The fourth-order valence-corrected chi connectivity index (χ4v) is 3.99. The SMILES string of the molecule is CCS(=O)(=O)Nc1ccc(N2CCc3sccc3C2)cc1. The van der Waals surface area contributed by atoms with Crippen molar-refractivity contribution in [2.45, 2.75) is 19.9 Å². The highest BCUT2D eigenvalue weighted by Crippen LogP contribution is 2.28. The van der Waals surface area contributed by atoms with E-state index >= 15 is 0 Å². The molecule has 1 aliphatic heterocycles. The first-order valence-electron chi connectivity index (χ1n) is 6.98. The minimum absolute atomic E-state index is 0.0851. The summed E-state index contributed by atoms with van der Waals surface area (Å²) in [6, 6.07) is 9.79. The summed E-state index contributed by atoms with van der Waals surface area (Å²) in [6.07, 6.45) is 1.08. The number of nitrogens with one attached hydrogen (secondary N) is 1. The summed E-state index contributed by atoms with van der Waals surface area (Å²) in [7, 11) is -3.20. The Morgan fingerprint density at radius 2 is 2.00 bits per heavy atom. The maximum Gasteiger partial charge on any atom is 0.232 e. The van der Waals surface area contributed by atoms with Crippen molar-refractivity contribution in [3.8, 4) is 0 Å².